The molecule has 1 saturated heterocycles. The molecular weight excluding hydrogens is 347 g/mol. The van der Waals surface area contributed by atoms with E-state index in [1.165, 1.54) is 12.1 Å². The van der Waals surface area contributed by atoms with Crippen LogP contribution in [-0.2, 0) is 4.79 Å². The summed E-state index contributed by atoms with van der Waals surface area (Å²) in [5.74, 6) is 0.185. The van der Waals surface area contributed by atoms with Crippen LogP contribution in [0.15, 0.2) is 54.6 Å². The van der Waals surface area contributed by atoms with E-state index >= 15 is 0 Å². The van der Waals surface area contributed by atoms with Gasteiger partial charge in [-0.3, -0.25) is 9.59 Å². The van der Waals surface area contributed by atoms with E-state index in [4.69, 9.17) is 4.74 Å². The van der Waals surface area contributed by atoms with Crippen molar-refractivity contribution in [3.05, 3.63) is 66.0 Å². The maximum atomic E-state index is 12.8. The SMILES string of the molecule is O=C(NC1CCN(C(=O)CCOc2ccc(F)cc2)CC1)c1ccccc1. The Bertz CT molecular complexity index is 757. The van der Waals surface area contributed by atoms with Gasteiger partial charge in [0.1, 0.15) is 11.6 Å². The maximum Gasteiger partial charge on any atom is 0.251 e. The fraction of sp³-hybridized carbons (Fsp3) is 0.333. The molecule has 0 aliphatic carbocycles. The van der Waals surface area contributed by atoms with E-state index in [1.807, 2.05) is 18.2 Å². The number of ether oxygens (including phenoxy) is 1. The van der Waals surface area contributed by atoms with Gasteiger partial charge in [-0.05, 0) is 49.2 Å². The first-order valence-electron chi connectivity index (χ1n) is 9.14. The number of carbonyl (C=O) groups excluding carboxylic acids is 2. The molecule has 0 aromatic heterocycles. The Hall–Kier alpha value is -2.89. The molecule has 1 aliphatic rings. The fourth-order valence-corrected chi connectivity index (χ4v) is 3.08. The number of nitrogens with zero attached hydrogens (tertiary/aromatic N) is 1. The van der Waals surface area contributed by atoms with Crippen molar-refractivity contribution in [1.29, 1.82) is 0 Å². The number of benzene rings is 2. The van der Waals surface area contributed by atoms with Crippen LogP contribution in [0.4, 0.5) is 4.39 Å². The zero-order chi connectivity index (χ0) is 19.1. The van der Waals surface area contributed by atoms with Crippen LogP contribution in [0.2, 0.25) is 0 Å². The van der Waals surface area contributed by atoms with Crippen molar-refractivity contribution in [3.8, 4) is 5.75 Å². The van der Waals surface area contributed by atoms with Crippen LogP contribution in [0.1, 0.15) is 29.6 Å². The number of hydrogen-bond donors (Lipinski definition) is 1. The van der Waals surface area contributed by atoms with E-state index in [-0.39, 0.29) is 36.7 Å². The molecule has 0 bridgehead atoms. The number of halogens is 1. The second kappa shape index (κ2) is 9.16. The van der Waals surface area contributed by atoms with Gasteiger partial charge < -0.3 is 15.0 Å². The van der Waals surface area contributed by atoms with Crippen LogP contribution in [0.5, 0.6) is 5.75 Å². The van der Waals surface area contributed by atoms with Gasteiger partial charge in [-0.25, -0.2) is 4.39 Å². The molecule has 1 aliphatic heterocycles. The quantitative estimate of drug-likeness (QED) is 0.850. The minimum atomic E-state index is -0.319. The van der Waals surface area contributed by atoms with Crippen molar-refractivity contribution in [1.82, 2.24) is 10.2 Å². The van der Waals surface area contributed by atoms with Gasteiger partial charge in [-0.2, -0.15) is 0 Å². The molecule has 0 spiro atoms. The molecule has 0 radical (unpaired) electrons. The maximum absolute atomic E-state index is 12.8. The first-order chi connectivity index (χ1) is 13.1. The minimum absolute atomic E-state index is 0.0324. The first kappa shape index (κ1) is 18.9. The van der Waals surface area contributed by atoms with E-state index in [0.717, 1.165) is 12.8 Å². The van der Waals surface area contributed by atoms with E-state index in [0.29, 0.717) is 24.4 Å². The summed E-state index contributed by atoms with van der Waals surface area (Å²) in [5, 5.41) is 3.03. The fourth-order valence-electron chi connectivity index (χ4n) is 3.08. The minimum Gasteiger partial charge on any atom is -0.493 e. The van der Waals surface area contributed by atoms with Crippen molar-refractivity contribution < 1.29 is 18.7 Å². The van der Waals surface area contributed by atoms with Crippen LogP contribution in [0.3, 0.4) is 0 Å². The van der Waals surface area contributed by atoms with E-state index in [9.17, 15) is 14.0 Å². The second-order valence-electron chi connectivity index (χ2n) is 6.55. The van der Waals surface area contributed by atoms with Gasteiger partial charge in [0.2, 0.25) is 5.91 Å². The molecule has 0 atom stereocenters. The summed E-state index contributed by atoms with van der Waals surface area (Å²) in [4.78, 5) is 26.3. The lowest BCUT2D eigenvalue weighted by molar-refractivity contribution is -0.132. The zero-order valence-electron chi connectivity index (χ0n) is 15.1. The second-order valence-corrected chi connectivity index (χ2v) is 6.55. The molecule has 2 amide bonds. The average Bonchev–Trinajstić information content (AvgIpc) is 2.70. The third-order valence-electron chi connectivity index (χ3n) is 4.62. The molecule has 27 heavy (non-hydrogen) atoms. The highest BCUT2D eigenvalue weighted by Gasteiger charge is 2.24. The van der Waals surface area contributed by atoms with Crippen molar-refractivity contribution >= 4 is 11.8 Å². The first-order valence-corrected chi connectivity index (χ1v) is 9.14. The topological polar surface area (TPSA) is 58.6 Å². The average molecular weight is 370 g/mol. The van der Waals surface area contributed by atoms with Crippen LogP contribution in [-0.4, -0.2) is 42.5 Å². The predicted octanol–water partition coefficient (Wildman–Crippen LogP) is 3.02. The normalized spacial score (nSPS) is 14.6. The van der Waals surface area contributed by atoms with Crippen LogP contribution < -0.4 is 10.1 Å². The van der Waals surface area contributed by atoms with Gasteiger partial charge >= 0.3 is 0 Å². The Morgan fingerprint density at radius 1 is 1.04 bits per heavy atom. The number of likely N-dealkylation sites (tertiary alicyclic amines) is 1. The van der Waals surface area contributed by atoms with Gasteiger partial charge in [0.05, 0.1) is 13.0 Å². The Morgan fingerprint density at radius 2 is 1.70 bits per heavy atom. The monoisotopic (exact) mass is 370 g/mol. The third-order valence-corrected chi connectivity index (χ3v) is 4.62. The van der Waals surface area contributed by atoms with Gasteiger partial charge in [0, 0.05) is 24.7 Å². The Balaban J connectivity index is 1.37. The predicted molar refractivity (Wildman–Crippen MR) is 100 cm³/mol. The summed E-state index contributed by atoms with van der Waals surface area (Å²) < 4.78 is 18.3. The molecule has 0 saturated carbocycles. The highest BCUT2D eigenvalue weighted by Crippen LogP contribution is 2.14. The highest BCUT2D eigenvalue weighted by molar-refractivity contribution is 5.94. The van der Waals surface area contributed by atoms with Gasteiger partial charge in [0.25, 0.3) is 5.91 Å². The lowest BCUT2D eigenvalue weighted by Crippen LogP contribution is -2.46. The van der Waals surface area contributed by atoms with E-state index in [1.54, 1.807) is 29.2 Å². The van der Waals surface area contributed by atoms with Crippen molar-refractivity contribution in [2.45, 2.75) is 25.3 Å². The molecule has 2 aromatic carbocycles. The summed E-state index contributed by atoms with van der Waals surface area (Å²) in [6, 6.07) is 14.9. The Morgan fingerprint density at radius 3 is 2.37 bits per heavy atom. The molecule has 5 nitrogen and oxygen atoms in total. The number of rotatable bonds is 6. The standard InChI is InChI=1S/C21H23FN2O3/c22-17-6-8-19(9-7-17)27-15-12-20(25)24-13-10-18(11-14-24)23-21(26)16-4-2-1-3-5-16/h1-9,18H,10-15H2,(H,23,26). The number of carbonyl (C=O) groups is 2. The summed E-state index contributed by atoms with van der Waals surface area (Å²) in [7, 11) is 0. The van der Waals surface area contributed by atoms with Gasteiger partial charge in [0.15, 0.2) is 0 Å². The molecular formula is C21H23FN2O3. The largest absolute Gasteiger partial charge is 0.493 e. The molecule has 1 heterocycles. The third kappa shape index (κ3) is 5.54. The summed E-state index contributed by atoms with van der Waals surface area (Å²) in [6.07, 6.45) is 1.75. The zero-order valence-corrected chi connectivity index (χ0v) is 15.1. The van der Waals surface area contributed by atoms with E-state index < -0.39 is 0 Å². The van der Waals surface area contributed by atoms with Crippen LogP contribution in [0.25, 0.3) is 0 Å². The summed E-state index contributed by atoms with van der Waals surface area (Å²) >= 11 is 0. The molecule has 6 heteroatoms. The van der Waals surface area contributed by atoms with Gasteiger partial charge in [-0.1, -0.05) is 18.2 Å². The molecule has 2 aromatic rings. The molecule has 1 fully saturated rings. The summed E-state index contributed by atoms with van der Waals surface area (Å²) in [6.45, 7) is 1.50. The lowest BCUT2D eigenvalue weighted by Gasteiger charge is -2.32. The molecule has 3 rings (SSSR count). The number of hydrogen-bond acceptors (Lipinski definition) is 3. The number of nitrogens with one attached hydrogen (secondary N) is 1. The highest BCUT2D eigenvalue weighted by atomic mass is 19.1. The Labute approximate surface area is 158 Å². The summed E-state index contributed by atoms with van der Waals surface area (Å²) in [5.41, 5.74) is 0.647. The molecule has 142 valence electrons. The van der Waals surface area contributed by atoms with Crippen LogP contribution >= 0.6 is 0 Å². The molecule has 0 unspecified atom stereocenters. The van der Waals surface area contributed by atoms with Gasteiger partial charge in [-0.15, -0.1) is 0 Å². The number of amides is 2. The lowest BCUT2D eigenvalue weighted by atomic mass is 10.0. The molecule has 1 N–H and O–H groups in total. The van der Waals surface area contributed by atoms with E-state index in [2.05, 4.69) is 5.32 Å². The van der Waals surface area contributed by atoms with Crippen molar-refractivity contribution in [3.63, 3.8) is 0 Å². The van der Waals surface area contributed by atoms with Crippen LogP contribution in [0, 0.1) is 5.82 Å². The van der Waals surface area contributed by atoms with Crippen molar-refractivity contribution in [2.24, 2.45) is 0 Å². The van der Waals surface area contributed by atoms with Crippen molar-refractivity contribution in [2.75, 3.05) is 19.7 Å². The number of piperidine rings is 1. The Kier molecular flexibility index (Phi) is 6.41. The smallest absolute Gasteiger partial charge is 0.251 e.